The van der Waals surface area contributed by atoms with Crippen molar-refractivity contribution in [3.05, 3.63) is 24.2 Å². The van der Waals surface area contributed by atoms with Gasteiger partial charge < -0.3 is 9.73 Å². The largest absolute Gasteiger partial charge is 0.468 e. The molecule has 1 aliphatic rings. The van der Waals surface area contributed by atoms with Crippen molar-refractivity contribution in [1.82, 2.24) is 15.1 Å². The maximum absolute atomic E-state index is 5.64. The van der Waals surface area contributed by atoms with Gasteiger partial charge >= 0.3 is 0 Å². The van der Waals surface area contributed by atoms with Gasteiger partial charge in [-0.1, -0.05) is 13.8 Å². The molecule has 1 aliphatic heterocycles. The first kappa shape index (κ1) is 13.6. The number of nitrogens with one attached hydrogen (secondary N) is 1. The topological polar surface area (TPSA) is 31.6 Å². The highest BCUT2D eigenvalue weighted by atomic mass is 16.3. The second-order valence-electron chi connectivity index (χ2n) is 4.80. The Kier molecular flexibility index (Phi) is 5.23. The maximum atomic E-state index is 5.64. The molecule has 0 spiro atoms. The lowest BCUT2D eigenvalue weighted by atomic mass is 10.1. The molecule has 1 aromatic rings. The highest BCUT2D eigenvalue weighted by Crippen LogP contribution is 2.22. The van der Waals surface area contributed by atoms with Crippen LogP contribution in [0.4, 0.5) is 0 Å². The van der Waals surface area contributed by atoms with E-state index >= 15 is 0 Å². The third-order valence-electron chi connectivity index (χ3n) is 3.77. The van der Waals surface area contributed by atoms with E-state index in [2.05, 4.69) is 35.0 Å². The van der Waals surface area contributed by atoms with Crippen LogP contribution in [0.1, 0.15) is 25.6 Å². The van der Waals surface area contributed by atoms with Crippen molar-refractivity contribution < 1.29 is 4.42 Å². The molecule has 0 amide bonds. The lowest BCUT2D eigenvalue weighted by Gasteiger charge is -2.35. The van der Waals surface area contributed by atoms with Crippen molar-refractivity contribution in [3.8, 4) is 0 Å². The van der Waals surface area contributed by atoms with Crippen LogP contribution in [0.5, 0.6) is 0 Å². The molecule has 0 aliphatic carbocycles. The summed E-state index contributed by atoms with van der Waals surface area (Å²) in [6, 6.07) is 4.47. The van der Waals surface area contributed by atoms with Gasteiger partial charge in [0, 0.05) is 32.7 Å². The first-order valence-electron chi connectivity index (χ1n) is 7.05. The molecule has 1 aromatic heterocycles. The predicted molar refractivity (Wildman–Crippen MR) is 73.7 cm³/mol. The molecule has 4 heteroatoms. The summed E-state index contributed by atoms with van der Waals surface area (Å²) in [6.45, 7) is 12.1. The Balaban J connectivity index is 2.04. The van der Waals surface area contributed by atoms with Crippen LogP contribution in [0, 0.1) is 0 Å². The Morgan fingerprint density at radius 3 is 2.61 bits per heavy atom. The number of likely N-dealkylation sites (N-methyl/N-ethyl adjacent to an activating group) is 1. The zero-order valence-corrected chi connectivity index (χ0v) is 11.6. The average Bonchev–Trinajstić information content (AvgIpc) is 2.94. The van der Waals surface area contributed by atoms with Gasteiger partial charge in [-0.05, 0) is 25.2 Å². The Morgan fingerprint density at radius 1 is 1.33 bits per heavy atom. The van der Waals surface area contributed by atoms with Gasteiger partial charge in [-0.2, -0.15) is 0 Å². The summed E-state index contributed by atoms with van der Waals surface area (Å²) in [4.78, 5) is 5.00. The second-order valence-corrected chi connectivity index (χ2v) is 4.80. The summed E-state index contributed by atoms with van der Waals surface area (Å²) in [7, 11) is 0. The standard InChI is InChI=1S/C14H25N3O/c1-3-17(4-2)13(14-6-5-11-18-14)12-16-9-7-15-8-10-16/h5-6,11,13,15H,3-4,7-10,12H2,1-2H3. The van der Waals surface area contributed by atoms with Crippen LogP contribution in [0.2, 0.25) is 0 Å². The van der Waals surface area contributed by atoms with Gasteiger partial charge in [0.2, 0.25) is 0 Å². The molecule has 102 valence electrons. The molecular weight excluding hydrogens is 226 g/mol. The molecule has 1 atom stereocenters. The minimum absolute atomic E-state index is 0.382. The highest BCUT2D eigenvalue weighted by Gasteiger charge is 2.24. The van der Waals surface area contributed by atoms with E-state index in [1.165, 1.54) is 0 Å². The van der Waals surface area contributed by atoms with Gasteiger partial charge in [0.25, 0.3) is 0 Å². The molecule has 0 radical (unpaired) electrons. The highest BCUT2D eigenvalue weighted by molar-refractivity contribution is 5.05. The Bertz CT molecular complexity index is 316. The number of hydrogen-bond donors (Lipinski definition) is 1. The molecule has 1 fully saturated rings. The fourth-order valence-corrected chi connectivity index (χ4v) is 2.67. The predicted octanol–water partition coefficient (Wildman–Crippen LogP) is 1.57. The van der Waals surface area contributed by atoms with Crippen molar-refractivity contribution >= 4 is 0 Å². The molecule has 1 unspecified atom stereocenters. The van der Waals surface area contributed by atoms with E-state index in [9.17, 15) is 0 Å². The Morgan fingerprint density at radius 2 is 2.06 bits per heavy atom. The summed E-state index contributed by atoms with van der Waals surface area (Å²) < 4.78 is 5.64. The van der Waals surface area contributed by atoms with E-state index in [1.54, 1.807) is 6.26 Å². The lowest BCUT2D eigenvalue weighted by Crippen LogP contribution is -2.47. The monoisotopic (exact) mass is 251 g/mol. The van der Waals surface area contributed by atoms with Crippen LogP contribution in [-0.4, -0.2) is 55.6 Å². The number of furan rings is 1. The summed E-state index contributed by atoms with van der Waals surface area (Å²) >= 11 is 0. The van der Waals surface area contributed by atoms with Gasteiger partial charge in [0.15, 0.2) is 0 Å². The van der Waals surface area contributed by atoms with Crippen LogP contribution < -0.4 is 5.32 Å². The fraction of sp³-hybridized carbons (Fsp3) is 0.714. The normalized spacial score (nSPS) is 19.3. The van der Waals surface area contributed by atoms with Crippen LogP contribution in [0.25, 0.3) is 0 Å². The van der Waals surface area contributed by atoms with Crippen molar-refractivity contribution in [2.45, 2.75) is 19.9 Å². The molecule has 2 heterocycles. The van der Waals surface area contributed by atoms with Gasteiger partial charge in [0.1, 0.15) is 5.76 Å². The van der Waals surface area contributed by atoms with E-state index in [0.29, 0.717) is 6.04 Å². The van der Waals surface area contributed by atoms with Gasteiger partial charge in [-0.25, -0.2) is 0 Å². The second kappa shape index (κ2) is 6.92. The van der Waals surface area contributed by atoms with Crippen LogP contribution >= 0.6 is 0 Å². The molecule has 18 heavy (non-hydrogen) atoms. The van der Waals surface area contributed by atoms with Crippen molar-refractivity contribution in [2.75, 3.05) is 45.8 Å². The lowest BCUT2D eigenvalue weighted by molar-refractivity contribution is 0.123. The third kappa shape index (κ3) is 3.34. The SMILES string of the molecule is CCN(CC)C(CN1CCNCC1)c1ccco1. The summed E-state index contributed by atoms with van der Waals surface area (Å²) in [5, 5.41) is 3.40. The molecular formula is C14H25N3O. The number of rotatable bonds is 6. The minimum atomic E-state index is 0.382. The molecule has 1 saturated heterocycles. The Labute approximate surface area is 110 Å². The van der Waals surface area contributed by atoms with Gasteiger partial charge in [-0.15, -0.1) is 0 Å². The van der Waals surface area contributed by atoms with Crippen LogP contribution in [0.15, 0.2) is 22.8 Å². The maximum Gasteiger partial charge on any atom is 0.122 e. The molecule has 2 rings (SSSR count). The average molecular weight is 251 g/mol. The summed E-state index contributed by atoms with van der Waals surface area (Å²) in [5.74, 6) is 1.09. The van der Waals surface area contributed by atoms with Crippen LogP contribution in [0.3, 0.4) is 0 Å². The third-order valence-corrected chi connectivity index (χ3v) is 3.77. The summed E-state index contributed by atoms with van der Waals surface area (Å²) in [6.07, 6.45) is 1.78. The molecule has 1 N–H and O–H groups in total. The van der Waals surface area contributed by atoms with Crippen molar-refractivity contribution in [1.29, 1.82) is 0 Å². The quantitative estimate of drug-likeness (QED) is 0.831. The van der Waals surface area contributed by atoms with E-state index in [4.69, 9.17) is 4.42 Å². The number of piperazine rings is 1. The van der Waals surface area contributed by atoms with Crippen LogP contribution in [-0.2, 0) is 0 Å². The molecule has 4 nitrogen and oxygen atoms in total. The molecule has 0 bridgehead atoms. The number of nitrogens with zero attached hydrogens (tertiary/aromatic N) is 2. The minimum Gasteiger partial charge on any atom is -0.468 e. The van der Waals surface area contributed by atoms with E-state index < -0.39 is 0 Å². The van der Waals surface area contributed by atoms with E-state index in [-0.39, 0.29) is 0 Å². The van der Waals surface area contributed by atoms with Gasteiger partial charge in [0.05, 0.1) is 12.3 Å². The smallest absolute Gasteiger partial charge is 0.122 e. The first-order chi connectivity index (χ1) is 8.85. The van der Waals surface area contributed by atoms with Crippen molar-refractivity contribution in [2.24, 2.45) is 0 Å². The van der Waals surface area contributed by atoms with E-state index in [1.807, 2.05) is 6.07 Å². The zero-order valence-electron chi connectivity index (χ0n) is 11.6. The molecule has 0 saturated carbocycles. The first-order valence-corrected chi connectivity index (χ1v) is 7.05. The molecule has 0 aromatic carbocycles. The van der Waals surface area contributed by atoms with Crippen molar-refractivity contribution in [3.63, 3.8) is 0 Å². The summed E-state index contributed by atoms with van der Waals surface area (Å²) in [5.41, 5.74) is 0. The Hall–Kier alpha value is -0.840. The van der Waals surface area contributed by atoms with Gasteiger partial charge in [-0.3, -0.25) is 9.80 Å². The zero-order chi connectivity index (χ0) is 12.8. The number of hydrogen-bond acceptors (Lipinski definition) is 4. The van der Waals surface area contributed by atoms with E-state index in [0.717, 1.165) is 51.6 Å². The fourth-order valence-electron chi connectivity index (χ4n) is 2.67.